The highest BCUT2D eigenvalue weighted by molar-refractivity contribution is 5.95. The number of nitro groups is 1. The molecule has 124 valence electrons. The van der Waals surface area contributed by atoms with E-state index in [0.717, 1.165) is 17.7 Å². The molecule has 0 N–H and O–H groups in total. The number of non-ortho nitro benzene ring substituents is 1. The van der Waals surface area contributed by atoms with Crippen molar-refractivity contribution in [1.29, 1.82) is 0 Å². The Bertz CT molecular complexity index is 710. The Morgan fingerprint density at radius 3 is 2.46 bits per heavy atom. The third-order valence-corrected chi connectivity index (χ3v) is 4.10. The fraction of sp³-hybridized carbons (Fsp3) is 0.278. The largest absolute Gasteiger partial charge is 0.381 e. The number of carbonyl (C=O) groups is 1. The molecule has 0 bridgehead atoms. The Hall–Kier alpha value is -2.73. The number of anilines is 1. The van der Waals surface area contributed by atoms with E-state index in [4.69, 9.17) is 4.74 Å². The third-order valence-electron chi connectivity index (χ3n) is 4.10. The molecule has 1 aliphatic rings. The molecule has 2 aromatic rings. The number of rotatable bonds is 5. The van der Waals surface area contributed by atoms with Crippen LogP contribution in [0.1, 0.15) is 12.0 Å². The molecule has 2 aromatic carbocycles. The van der Waals surface area contributed by atoms with Crippen LogP contribution in [0.2, 0.25) is 0 Å². The summed E-state index contributed by atoms with van der Waals surface area (Å²) in [5.41, 5.74) is 1.70. The highest BCUT2D eigenvalue weighted by Gasteiger charge is 2.29. The molecule has 24 heavy (non-hydrogen) atoms. The maximum absolute atomic E-state index is 12.9. The van der Waals surface area contributed by atoms with Gasteiger partial charge < -0.3 is 9.64 Å². The second-order valence-corrected chi connectivity index (χ2v) is 5.74. The molecule has 0 spiro atoms. The van der Waals surface area contributed by atoms with Gasteiger partial charge >= 0.3 is 0 Å². The number of hydrogen-bond acceptors (Lipinski definition) is 4. The zero-order valence-corrected chi connectivity index (χ0v) is 13.1. The van der Waals surface area contributed by atoms with Crippen molar-refractivity contribution < 1.29 is 14.5 Å². The van der Waals surface area contributed by atoms with Gasteiger partial charge in [-0.1, -0.05) is 30.3 Å². The molecule has 6 heteroatoms. The van der Waals surface area contributed by atoms with Crippen molar-refractivity contribution in [1.82, 2.24) is 0 Å². The van der Waals surface area contributed by atoms with Gasteiger partial charge in [0.05, 0.1) is 24.0 Å². The van der Waals surface area contributed by atoms with Crippen molar-refractivity contribution in [2.24, 2.45) is 5.92 Å². The van der Waals surface area contributed by atoms with Gasteiger partial charge in [-0.15, -0.1) is 0 Å². The summed E-state index contributed by atoms with van der Waals surface area (Å²) in [7, 11) is 0. The van der Waals surface area contributed by atoms with Gasteiger partial charge in [-0.05, 0) is 24.1 Å². The lowest BCUT2D eigenvalue weighted by Gasteiger charge is -2.25. The average Bonchev–Trinajstić information content (AvgIpc) is 3.15. The summed E-state index contributed by atoms with van der Waals surface area (Å²) in [6.45, 7) is 1.43. The summed E-state index contributed by atoms with van der Waals surface area (Å²) in [5.74, 6) is -0.111. The van der Waals surface area contributed by atoms with Crippen molar-refractivity contribution in [3.05, 3.63) is 70.3 Å². The topological polar surface area (TPSA) is 72.7 Å². The smallest absolute Gasteiger partial charge is 0.269 e. The SMILES string of the molecule is O=C(C1CCOC1)N(Cc1ccc([N+](=O)[O-])cc1)c1ccccc1. The van der Waals surface area contributed by atoms with Crippen molar-refractivity contribution in [2.45, 2.75) is 13.0 Å². The third kappa shape index (κ3) is 3.60. The molecule has 1 heterocycles. The number of amides is 1. The van der Waals surface area contributed by atoms with E-state index in [1.54, 1.807) is 17.0 Å². The molecule has 6 nitrogen and oxygen atoms in total. The van der Waals surface area contributed by atoms with E-state index < -0.39 is 4.92 Å². The number of nitro benzene ring substituents is 1. The van der Waals surface area contributed by atoms with Crippen molar-refractivity contribution >= 4 is 17.3 Å². The fourth-order valence-corrected chi connectivity index (χ4v) is 2.76. The van der Waals surface area contributed by atoms with Crippen molar-refractivity contribution in [3.63, 3.8) is 0 Å². The predicted molar refractivity (Wildman–Crippen MR) is 89.7 cm³/mol. The molecule has 1 amide bonds. The van der Waals surface area contributed by atoms with Gasteiger partial charge in [-0.2, -0.15) is 0 Å². The highest BCUT2D eigenvalue weighted by atomic mass is 16.6. The Morgan fingerprint density at radius 1 is 1.17 bits per heavy atom. The molecule has 1 unspecified atom stereocenters. The molecule has 1 saturated heterocycles. The van der Waals surface area contributed by atoms with Crippen molar-refractivity contribution in [2.75, 3.05) is 18.1 Å². The zero-order valence-electron chi connectivity index (χ0n) is 13.1. The van der Waals surface area contributed by atoms with E-state index in [1.807, 2.05) is 30.3 Å². The molecule has 3 rings (SSSR count). The average molecular weight is 326 g/mol. The van der Waals surface area contributed by atoms with E-state index >= 15 is 0 Å². The Balaban J connectivity index is 1.84. The molecule has 1 aliphatic heterocycles. The van der Waals surface area contributed by atoms with Crippen LogP contribution in [0.5, 0.6) is 0 Å². The summed E-state index contributed by atoms with van der Waals surface area (Å²) in [6, 6.07) is 15.7. The summed E-state index contributed by atoms with van der Waals surface area (Å²) < 4.78 is 5.33. The number of carbonyl (C=O) groups excluding carboxylic acids is 1. The summed E-state index contributed by atoms with van der Waals surface area (Å²) in [4.78, 5) is 24.9. The lowest BCUT2D eigenvalue weighted by Crippen LogP contribution is -2.36. The van der Waals surface area contributed by atoms with Gasteiger partial charge in [0.15, 0.2) is 0 Å². The number of benzene rings is 2. The van der Waals surface area contributed by atoms with Crippen LogP contribution in [0.15, 0.2) is 54.6 Å². The van der Waals surface area contributed by atoms with Crippen LogP contribution in [0.3, 0.4) is 0 Å². The highest BCUT2D eigenvalue weighted by Crippen LogP contribution is 2.24. The molecular weight excluding hydrogens is 308 g/mol. The first-order valence-electron chi connectivity index (χ1n) is 7.82. The zero-order chi connectivity index (χ0) is 16.9. The number of nitrogens with zero attached hydrogens (tertiary/aromatic N) is 2. The Labute approximate surface area is 139 Å². The lowest BCUT2D eigenvalue weighted by atomic mass is 10.1. The molecule has 0 saturated carbocycles. The minimum Gasteiger partial charge on any atom is -0.381 e. The van der Waals surface area contributed by atoms with Gasteiger partial charge in [-0.25, -0.2) is 0 Å². The second-order valence-electron chi connectivity index (χ2n) is 5.74. The second kappa shape index (κ2) is 7.23. The van der Waals surface area contributed by atoms with Crippen molar-refractivity contribution in [3.8, 4) is 0 Å². The van der Waals surface area contributed by atoms with Gasteiger partial charge in [0, 0.05) is 24.4 Å². The number of hydrogen-bond donors (Lipinski definition) is 0. The minimum absolute atomic E-state index is 0.0250. The molecular formula is C18H18N2O4. The Morgan fingerprint density at radius 2 is 1.88 bits per heavy atom. The first kappa shape index (κ1) is 16.1. The van der Waals surface area contributed by atoms with Gasteiger partial charge in [0.25, 0.3) is 5.69 Å². The quantitative estimate of drug-likeness (QED) is 0.625. The number of ether oxygens (including phenoxy) is 1. The summed E-state index contributed by atoms with van der Waals surface area (Å²) in [5, 5.41) is 10.8. The van der Waals surface area contributed by atoms with Crippen LogP contribution in [0.4, 0.5) is 11.4 Å². The van der Waals surface area contributed by atoms with Crippen LogP contribution in [0, 0.1) is 16.0 Å². The van der Waals surface area contributed by atoms with E-state index in [2.05, 4.69) is 0 Å². The first-order chi connectivity index (χ1) is 11.6. The van der Waals surface area contributed by atoms with Gasteiger partial charge in [0.2, 0.25) is 5.91 Å². The molecule has 0 aromatic heterocycles. The van der Waals surface area contributed by atoms with E-state index in [0.29, 0.717) is 19.8 Å². The van der Waals surface area contributed by atoms with Crippen LogP contribution >= 0.6 is 0 Å². The Kier molecular flexibility index (Phi) is 4.86. The van der Waals surface area contributed by atoms with Crippen LogP contribution in [0.25, 0.3) is 0 Å². The van der Waals surface area contributed by atoms with E-state index in [1.165, 1.54) is 12.1 Å². The predicted octanol–water partition coefficient (Wildman–Crippen LogP) is 3.16. The van der Waals surface area contributed by atoms with Crippen LogP contribution in [-0.4, -0.2) is 24.0 Å². The maximum atomic E-state index is 12.9. The minimum atomic E-state index is -0.431. The van der Waals surface area contributed by atoms with Crippen LogP contribution < -0.4 is 4.90 Å². The normalized spacial score (nSPS) is 16.8. The summed E-state index contributed by atoms with van der Waals surface area (Å²) in [6.07, 6.45) is 0.725. The molecule has 1 fully saturated rings. The van der Waals surface area contributed by atoms with Gasteiger partial charge in [0.1, 0.15) is 0 Å². The van der Waals surface area contributed by atoms with Gasteiger partial charge in [-0.3, -0.25) is 14.9 Å². The molecule has 1 atom stereocenters. The summed E-state index contributed by atoms with van der Waals surface area (Å²) >= 11 is 0. The fourth-order valence-electron chi connectivity index (χ4n) is 2.76. The monoisotopic (exact) mass is 326 g/mol. The standard InChI is InChI=1S/C18H18N2O4/c21-18(15-10-11-24-13-15)19(16-4-2-1-3-5-16)12-14-6-8-17(9-7-14)20(22)23/h1-9,15H,10-13H2. The van der Waals surface area contributed by atoms with Crippen LogP contribution in [-0.2, 0) is 16.1 Å². The van der Waals surface area contributed by atoms with E-state index in [-0.39, 0.29) is 17.5 Å². The first-order valence-corrected chi connectivity index (χ1v) is 7.82. The van der Waals surface area contributed by atoms with E-state index in [9.17, 15) is 14.9 Å². The number of para-hydroxylation sites is 1. The molecule has 0 radical (unpaired) electrons. The lowest BCUT2D eigenvalue weighted by molar-refractivity contribution is -0.384. The maximum Gasteiger partial charge on any atom is 0.269 e. The molecule has 0 aliphatic carbocycles.